The van der Waals surface area contributed by atoms with Crippen molar-refractivity contribution in [2.75, 3.05) is 19.9 Å². The number of nitrogens with zero attached hydrogens (tertiary/aromatic N) is 1. The summed E-state index contributed by atoms with van der Waals surface area (Å²) in [7, 11) is -0.146. The molecule has 31 heavy (non-hydrogen) atoms. The lowest BCUT2D eigenvalue weighted by Gasteiger charge is -2.28. The second kappa shape index (κ2) is 17.5. The van der Waals surface area contributed by atoms with E-state index in [0.29, 0.717) is 12.0 Å². The topological polar surface area (TPSA) is 84.5 Å². The van der Waals surface area contributed by atoms with Crippen LogP contribution < -0.4 is 11.5 Å². The largest absolute Gasteiger partial charge is 0.365 e. The van der Waals surface area contributed by atoms with Crippen molar-refractivity contribution >= 4 is 13.2 Å². The van der Waals surface area contributed by atoms with Gasteiger partial charge in [-0.1, -0.05) is 63.0 Å². The van der Waals surface area contributed by atoms with Crippen molar-refractivity contribution in [1.82, 2.24) is 0 Å². The highest BCUT2D eigenvalue weighted by atomic mass is 31.2. The third-order valence-corrected chi connectivity index (χ3v) is 8.29. The fourth-order valence-electron chi connectivity index (χ4n) is 2.82. The minimum Gasteiger partial charge on any atom is -0.365 e. The second-order valence-corrected chi connectivity index (χ2v) is 10.4. The van der Waals surface area contributed by atoms with Crippen molar-refractivity contribution in [2.45, 2.75) is 45.1 Å². The van der Waals surface area contributed by atoms with Crippen LogP contribution >= 0.6 is 7.26 Å². The van der Waals surface area contributed by atoms with Crippen LogP contribution in [0.25, 0.3) is 0 Å². The first kappa shape index (κ1) is 28.8. The quantitative estimate of drug-likeness (QED) is 0.0550. The Bertz CT molecular complexity index is 704. The number of guanidine groups is 1. The molecular weight excluding hydrogens is 405 g/mol. The molecular formula is C25H42N3O2P+2. The molecule has 3 unspecified atom stereocenters. The molecule has 0 saturated heterocycles. The summed E-state index contributed by atoms with van der Waals surface area (Å²) in [6.07, 6.45) is 22.6. The maximum Gasteiger partial charge on any atom is 0.341 e. The Morgan fingerprint density at radius 3 is 2.52 bits per heavy atom. The minimum atomic E-state index is -1.86. The van der Waals surface area contributed by atoms with Gasteiger partial charge in [0.15, 0.2) is 12.6 Å². The minimum absolute atomic E-state index is 0.146. The SMILES string of the molecule is C=C/C=C\C=C\[P+](/C=C/CCC=C)(COC(O)C[N+](C)=C(N)N)C1C=CC=CC1.CC. The number of ether oxygens (including phenoxy) is 1. The first-order chi connectivity index (χ1) is 14.9. The van der Waals surface area contributed by atoms with E-state index in [0.717, 1.165) is 19.3 Å². The van der Waals surface area contributed by atoms with Gasteiger partial charge in [-0.2, -0.15) is 0 Å². The molecule has 0 aromatic heterocycles. The van der Waals surface area contributed by atoms with Gasteiger partial charge in [-0.15, -0.1) is 6.58 Å². The molecule has 0 radical (unpaired) electrons. The maximum absolute atomic E-state index is 10.4. The number of aliphatic hydroxyl groups excluding tert-OH is 1. The van der Waals surface area contributed by atoms with Crippen molar-refractivity contribution in [3.8, 4) is 0 Å². The summed E-state index contributed by atoms with van der Waals surface area (Å²) < 4.78 is 7.48. The van der Waals surface area contributed by atoms with Crippen LogP contribution in [0, 0.1) is 0 Å². The molecule has 0 heterocycles. The normalized spacial score (nSPS) is 18.5. The summed E-state index contributed by atoms with van der Waals surface area (Å²) in [5.41, 5.74) is 11.5. The fourth-order valence-corrected chi connectivity index (χ4v) is 6.05. The summed E-state index contributed by atoms with van der Waals surface area (Å²) >= 11 is 0. The van der Waals surface area contributed by atoms with Gasteiger partial charge in [0.1, 0.15) is 12.2 Å². The second-order valence-electron chi connectivity index (χ2n) is 6.88. The molecule has 0 aliphatic heterocycles. The summed E-state index contributed by atoms with van der Waals surface area (Å²) in [4.78, 5) is 0. The molecule has 0 fully saturated rings. The molecule has 0 spiro atoms. The van der Waals surface area contributed by atoms with Crippen molar-refractivity contribution < 1.29 is 14.4 Å². The lowest BCUT2D eigenvalue weighted by molar-refractivity contribution is -0.520. The molecule has 0 saturated carbocycles. The molecule has 5 nitrogen and oxygen atoms in total. The summed E-state index contributed by atoms with van der Waals surface area (Å²) in [6, 6.07) is 0. The summed E-state index contributed by atoms with van der Waals surface area (Å²) in [5, 5.41) is 10.4. The Labute approximate surface area is 189 Å². The van der Waals surface area contributed by atoms with Crippen LogP contribution in [0.5, 0.6) is 0 Å². The zero-order valence-corrected chi connectivity index (χ0v) is 20.3. The van der Waals surface area contributed by atoms with Crippen LogP contribution in [0.1, 0.15) is 33.1 Å². The van der Waals surface area contributed by atoms with Gasteiger partial charge < -0.3 is 9.84 Å². The van der Waals surface area contributed by atoms with Gasteiger partial charge in [0.25, 0.3) is 0 Å². The number of allylic oxidation sites excluding steroid dienone is 10. The highest BCUT2D eigenvalue weighted by Gasteiger charge is 2.41. The lowest BCUT2D eigenvalue weighted by Crippen LogP contribution is -2.38. The highest BCUT2D eigenvalue weighted by molar-refractivity contribution is 7.82. The van der Waals surface area contributed by atoms with E-state index in [-0.39, 0.29) is 12.5 Å². The number of likely N-dealkylation sites (N-methyl/N-ethyl adjacent to an activating group) is 1. The average molecular weight is 448 g/mol. The first-order valence-electron chi connectivity index (χ1n) is 10.8. The third-order valence-electron chi connectivity index (χ3n) is 4.58. The van der Waals surface area contributed by atoms with E-state index in [1.807, 2.05) is 38.2 Å². The molecule has 1 aliphatic rings. The Morgan fingerprint density at radius 2 is 1.94 bits per heavy atom. The Balaban J connectivity index is 0.00000436. The van der Waals surface area contributed by atoms with E-state index >= 15 is 0 Å². The van der Waals surface area contributed by atoms with E-state index in [2.05, 4.69) is 55.2 Å². The Morgan fingerprint density at radius 1 is 1.19 bits per heavy atom. The average Bonchev–Trinajstić information content (AvgIpc) is 2.79. The molecule has 0 amide bonds. The van der Waals surface area contributed by atoms with Gasteiger partial charge >= 0.3 is 5.96 Å². The van der Waals surface area contributed by atoms with Crippen molar-refractivity contribution in [3.63, 3.8) is 0 Å². The third kappa shape index (κ3) is 11.7. The van der Waals surface area contributed by atoms with E-state index in [1.165, 1.54) is 0 Å². The van der Waals surface area contributed by atoms with Gasteiger partial charge in [-0.3, -0.25) is 16.0 Å². The molecule has 3 atom stereocenters. The number of aliphatic hydroxyl groups is 1. The highest BCUT2D eigenvalue weighted by Crippen LogP contribution is 2.68. The first-order valence-corrected chi connectivity index (χ1v) is 13.0. The molecule has 5 N–H and O–H groups in total. The smallest absolute Gasteiger partial charge is 0.341 e. The predicted molar refractivity (Wildman–Crippen MR) is 138 cm³/mol. The van der Waals surface area contributed by atoms with Crippen LogP contribution in [-0.4, -0.2) is 47.5 Å². The molecule has 1 rings (SSSR count). The number of hydrogen-bond donors (Lipinski definition) is 3. The molecule has 1 aliphatic carbocycles. The van der Waals surface area contributed by atoms with E-state index in [4.69, 9.17) is 16.2 Å². The maximum atomic E-state index is 10.4. The van der Waals surface area contributed by atoms with Gasteiger partial charge in [0.05, 0.1) is 25.9 Å². The Kier molecular flexibility index (Phi) is 16.2. The molecule has 172 valence electrons. The van der Waals surface area contributed by atoms with Gasteiger partial charge in [-0.05, 0) is 31.1 Å². The number of unbranched alkanes of at least 4 members (excludes halogenated alkanes) is 1. The number of nitrogens with two attached hydrogens (primary N) is 2. The monoisotopic (exact) mass is 447 g/mol. The van der Waals surface area contributed by atoms with Crippen molar-refractivity contribution in [1.29, 1.82) is 0 Å². The van der Waals surface area contributed by atoms with Crippen LogP contribution in [-0.2, 0) is 4.74 Å². The molecule has 6 heteroatoms. The lowest BCUT2D eigenvalue weighted by atomic mass is 10.2. The number of hydrogen-bond acceptors (Lipinski definition) is 2. The van der Waals surface area contributed by atoms with Crippen LogP contribution in [0.4, 0.5) is 0 Å². The van der Waals surface area contributed by atoms with Gasteiger partial charge in [0.2, 0.25) is 0 Å². The van der Waals surface area contributed by atoms with Crippen molar-refractivity contribution in [3.05, 3.63) is 85.6 Å². The summed E-state index contributed by atoms with van der Waals surface area (Å²) in [5.74, 6) is 4.68. The zero-order valence-electron chi connectivity index (χ0n) is 19.4. The van der Waals surface area contributed by atoms with Gasteiger partial charge in [0, 0.05) is 6.42 Å². The van der Waals surface area contributed by atoms with E-state index in [1.54, 1.807) is 17.7 Å². The number of rotatable bonds is 13. The predicted octanol–water partition coefficient (Wildman–Crippen LogP) is 4.86. The van der Waals surface area contributed by atoms with Crippen LogP contribution in [0.2, 0.25) is 0 Å². The molecule has 0 aromatic carbocycles. The van der Waals surface area contributed by atoms with Crippen molar-refractivity contribution in [2.24, 2.45) is 11.5 Å². The zero-order chi connectivity index (χ0) is 23.5. The summed E-state index contributed by atoms with van der Waals surface area (Å²) in [6.45, 7) is 11.7. The van der Waals surface area contributed by atoms with Crippen LogP contribution in [0.3, 0.4) is 0 Å². The Hall–Kier alpha value is -2.20. The van der Waals surface area contributed by atoms with Gasteiger partial charge in [-0.25, -0.2) is 0 Å². The van der Waals surface area contributed by atoms with Crippen LogP contribution in [0.15, 0.2) is 85.6 Å². The fraction of sp³-hybridized carbons (Fsp3) is 0.400. The van der Waals surface area contributed by atoms with E-state index < -0.39 is 13.6 Å². The standard InChI is InChI=1S/C23H35N3O2P.C2H6/c1-4-6-8-13-17-29(18-14-9-7-5-2,21-15-11-10-12-16-21)20-28-22(27)19-26(3)23(24)25;1-2/h4-6,8,10-15,17-18,21-22,27H,1-2,7,9,16,19-20H2,3H3,(H3,24,25);1-2H3/q+1;/p+1/b8-6-,17-13+,18-14+;. The molecule has 0 bridgehead atoms. The molecule has 0 aromatic rings. The van der Waals surface area contributed by atoms with E-state index in [9.17, 15) is 5.11 Å².